The summed E-state index contributed by atoms with van der Waals surface area (Å²) in [5, 5.41) is 6.77. The Labute approximate surface area is 115 Å². The van der Waals surface area contributed by atoms with E-state index >= 15 is 0 Å². The molecule has 1 unspecified atom stereocenters. The number of alkyl halides is 1. The molecule has 0 bridgehead atoms. The molecule has 4 nitrogen and oxygen atoms in total. The topological polar surface area (TPSA) is 50.4 Å². The largest absolute Gasteiger partial charge is 0.465 e. The highest BCUT2D eigenvalue weighted by Gasteiger charge is 2.18. The number of rotatable bonds is 5. The van der Waals surface area contributed by atoms with Gasteiger partial charge in [-0.05, 0) is 31.9 Å². The maximum absolute atomic E-state index is 11.2. The summed E-state index contributed by atoms with van der Waals surface area (Å²) in [6.07, 6.45) is 1.98. The van der Waals surface area contributed by atoms with E-state index in [0.717, 1.165) is 24.2 Å². The van der Waals surface area contributed by atoms with Crippen LogP contribution in [0.1, 0.15) is 19.8 Å². The van der Waals surface area contributed by atoms with Crippen molar-refractivity contribution in [2.24, 2.45) is 0 Å². The van der Waals surface area contributed by atoms with E-state index in [-0.39, 0.29) is 17.0 Å². The van der Waals surface area contributed by atoms with Crippen molar-refractivity contribution in [3.05, 3.63) is 24.3 Å². The number of para-hydroxylation sites is 2. The number of hydrogen-bond donors (Lipinski definition) is 2. The number of carbonyl (C=O) groups is 1. The Bertz CT molecular complexity index is 398. The predicted octanol–water partition coefficient (Wildman–Crippen LogP) is 2.96. The molecule has 1 heterocycles. The van der Waals surface area contributed by atoms with Gasteiger partial charge >= 0.3 is 5.97 Å². The Kier molecular flexibility index (Phi) is 4.47. The molecule has 2 N–H and O–H groups in total. The molecule has 5 heteroatoms. The summed E-state index contributed by atoms with van der Waals surface area (Å²) in [6, 6.07) is 8.12. The molecule has 18 heavy (non-hydrogen) atoms. The Morgan fingerprint density at radius 2 is 2.00 bits per heavy atom. The zero-order chi connectivity index (χ0) is 13.0. The molecule has 98 valence electrons. The lowest BCUT2D eigenvalue weighted by Gasteiger charge is -2.12. The van der Waals surface area contributed by atoms with E-state index in [1.807, 2.05) is 12.1 Å². The third-order valence-corrected chi connectivity index (χ3v) is 3.17. The van der Waals surface area contributed by atoms with E-state index in [1.165, 1.54) is 0 Å². The van der Waals surface area contributed by atoms with Crippen LogP contribution in [-0.2, 0) is 9.53 Å². The number of nitrogens with one attached hydrogen (secondary N) is 2. The van der Waals surface area contributed by atoms with Gasteiger partial charge in [-0.1, -0.05) is 28.1 Å². The Balaban J connectivity index is 1.67. The van der Waals surface area contributed by atoms with E-state index in [9.17, 15) is 4.79 Å². The first-order valence-electron chi connectivity index (χ1n) is 6.09. The monoisotopic (exact) mass is 312 g/mol. The Morgan fingerprint density at radius 3 is 2.56 bits per heavy atom. The van der Waals surface area contributed by atoms with Crippen LogP contribution in [0.3, 0.4) is 0 Å². The lowest BCUT2D eigenvalue weighted by atomic mass is 10.2. The number of esters is 1. The fourth-order valence-corrected chi connectivity index (χ4v) is 2.00. The van der Waals surface area contributed by atoms with E-state index < -0.39 is 0 Å². The lowest BCUT2D eigenvalue weighted by molar-refractivity contribution is -0.142. The summed E-state index contributed by atoms with van der Waals surface area (Å²) < 4.78 is 5.10. The molecular weight excluding hydrogens is 296 g/mol. The minimum absolute atomic E-state index is 0.203. The maximum atomic E-state index is 11.2. The van der Waals surface area contributed by atoms with Gasteiger partial charge in [0.05, 0.1) is 24.1 Å². The number of halogens is 1. The van der Waals surface area contributed by atoms with Crippen molar-refractivity contribution in [3.8, 4) is 0 Å². The quantitative estimate of drug-likeness (QED) is 0.498. The molecule has 1 aromatic carbocycles. The van der Waals surface area contributed by atoms with Gasteiger partial charge in [-0.25, -0.2) is 0 Å². The fraction of sp³-hybridized carbons (Fsp3) is 0.462. The molecule has 0 saturated carbocycles. The molecule has 0 saturated heterocycles. The van der Waals surface area contributed by atoms with Gasteiger partial charge in [-0.2, -0.15) is 0 Å². The highest BCUT2D eigenvalue weighted by molar-refractivity contribution is 9.10. The number of ether oxygens (including phenoxy) is 1. The van der Waals surface area contributed by atoms with Crippen LogP contribution in [0.15, 0.2) is 24.3 Å². The SMILES string of the molecule is CC(Br)C(=O)OCCCC1Nc2ccccc2N1. The molecule has 1 aliphatic rings. The smallest absolute Gasteiger partial charge is 0.319 e. The molecule has 0 aliphatic carbocycles. The summed E-state index contributed by atoms with van der Waals surface area (Å²) in [6.45, 7) is 2.23. The van der Waals surface area contributed by atoms with Crippen molar-refractivity contribution >= 4 is 33.3 Å². The number of hydrogen-bond acceptors (Lipinski definition) is 4. The third-order valence-electron chi connectivity index (χ3n) is 2.79. The van der Waals surface area contributed by atoms with Gasteiger partial charge in [0.1, 0.15) is 4.83 Å². The number of anilines is 2. The van der Waals surface area contributed by atoms with Crippen LogP contribution in [0.25, 0.3) is 0 Å². The lowest BCUT2D eigenvalue weighted by Crippen LogP contribution is -2.23. The standard InChI is InChI=1S/C13H17BrN2O2/c1-9(14)13(17)18-8-4-7-12-15-10-5-2-3-6-11(10)16-12/h2-3,5-6,9,12,15-16H,4,7-8H2,1H3. The molecule has 2 rings (SSSR count). The van der Waals surface area contributed by atoms with E-state index in [4.69, 9.17) is 4.74 Å². The molecule has 0 spiro atoms. The van der Waals surface area contributed by atoms with Gasteiger partial charge in [-0.15, -0.1) is 0 Å². The average molecular weight is 313 g/mol. The summed E-state index contributed by atoms with van der Waals surface area (Å²) in [4.78, 5) is 11.0. The second kappa shape index (κ2) is 6.09. The van der Waals surface area contributed by atoms with Crippen molar-refractivity contribution in [1.29, 1.82) is 0 Å². The molecule has 1 aromatic rings. The van der Waals surface area contributed by atoms with Crippen LogP contribution >= 0.6 is 15.9 Å². The van der Waals surface area contributed by atoms with Crippen molar-refractivity contribution < 1.29 is 9.53 Å². The van der Waals surface area contributed by atoms with Crippen LogP contribution in [0.5, 0.6) is 0 Å². The summed E-state index contributed by atoms with van der Waals surface area (Å²) in [5.41, 5.74) is 2.27. The zero-order valence-corrected chi connectivity index (χ0v) is 11.9. The normalized spacial score (nSPS) is 15.4. The molecule has 0 fully saturated rings. The summed E-state index contributed by atoms with van der Waals surface area (Å²) in [7, 11) is 0. The van der Waals surface area contributed by atoms with Crippen molar-refractivity contribution in [3.63, 3.8) is 0 Å². The van der Waals surface area contributed by atoms with Gasteiger partial charge < -0.3 is 15.4 Å². The summed E-state index contributed by atoms with van der Waals surface area (Å²) >= 11 is 3.18. The zero-order valence-electron chi connectivity index (χ0n) is 10.3. The van der Waals surface area contributed by atoms with E-state index in [0.29, 0.717) is 6.61 Å². The van der Waals surface area contributed by atoms with Gasteiger partial charge in [0.2, 0.25) is 0 Å². The first-order valence-corrected chi connectivity index (χ1v) is 7.01. The van der Waals surface area contributed by atoms with E-state index in [1.54, 1.807) is 6.92 Å². The van der Waals surface area contributed by atoms with Crippen LogP contribution in [-0.4, -0.2) is 23.6 Å². The molecule has 0 amide bonds. The van der Waals surface area contributed by atoms with Crippen molar-refractivity contribution in [2.45, 2.75) is 30.8 Å². The van der Waals surface area contributed by atoms with Crippen LogP contribution in [0, 0.1) is 0 Å². The van der Waals surface area contributed by atoms with Crippen LogP contribution < -0.4 is 10.6 Å². The Morgan fingerprint density at radius 1 is 1.39 bits per heavy atom. The Hall–Kier alpha value is -1.23. The minimum atomic E-state index is -0.232. The maximum Gasteiger partial charge on any atom is 0.319 e. The average Bonchev–Trinajstić information content (AvgIpc) is 2.76. The molecule has 1 aliphatic heterocycles. The first-order chi connectivity index (χ1) is 8.66. The number of carbonyl (C=O) groups excluding carboxylic acids is 1. The van der Waals surface area contributed by atoms with Crippen LogP contribution in [0.2, 0.25) is 0 Å². The van der Waals surface area contributed by atoms with Crippen molar-refractivity contribution in [1.82, 2.24) is 0 Å². The molecular formula is C13H17BrN2O2. The van der Waals surface area contributed by atoms with Gasteiger partial charge in [0.15, 0.2) is 0 Å². The highest BCUT2D eigenvalue weighted by atomic mass is 79.9. The highest BCUT2D eigenvalue weighted by Crippen LogP contribution is 2.29. The van der Waals surface area contributed by atoms with Gasteiger partial charge in [-0.3, -0.25) is 4.79 Å². The van der Waals surface area contributed by atoms with Crippen LogP contribution in [0.4, 0.5) is 11.4 Å². The second-order valence-electron chi connectivity index (χ2n) is 4.31. The first kappa shape index (κ1) is 13.2. The van der Waals surface area contributed by atoms with Crippen molar-refractivity contribution in [2.75, 3.05) is 17.2 Å². The molecule has 0 aromatic heterocycles. The number of benzene rings is 1. The van der Waals surface area contributed by atoms with E-state index in [2.05, 4.69) is 38.7 Å². The minimum Gasteiger partial charge on any atom is -0.465 e. The number of fused-ring (bicyclic) bond motifs is 1. The molecule has 0 radical (unpaired) electrons. The molecule has 1 atom stereocenters. The fourth-order valence-electron chi connectivity index (χ4n) is 1.87. The van der Waals surface area contributed by atoms with Gasteiger partial charge in [0.25, 0.3) is 0 Å². The second-order valence-corrected chi connectivity index (χ2v) is 5.69. The third kappa shape index (κ3) is 3.38. The summed E-state index contributed by atoms with van der Waals surface area (Å²) in [5.74, 6) is -0.203. The van der Waals surface area contributed by atoms with Gasteiger partial charge in [0, 0.05) is 0 Å². The predicted molar refractivity (Wildman–Crippen MR) is 76.1 cm³/mol.